The summed E-state index contributed by atoms with van der Waals surface area (Å²) in [5.74, 6) is 0.580. The summed E-state index contributed by atoms with van der Waals surface area (Å²) in [6, 6.07) is 17.2. The maximum absolute atomic E-state index is 12.1. The fourth-order valence-electron chi connectivity index (χ4n) is 2.95. The molecule has 6 heteroatoms. The number of methoxy groups -OCH3 is 1. The monoisotopic (exact) mass is 351 g/mol. The van der Waals surface area contributed by atoms with E-state index in [1.54, 1.807) is 18.2 Å². The highest BCUT2D eigenvalue weighted by Crippen LogP contribution is 2.27. The van der Waals surface area contributed by atoms with Gasteiger partial charge in [-0.3, -0.25) is 9.59 Å². The molecule has 1 saturated heterocycles. The summed E-state index contributed by atoms with van der Waals surface area (Å²) in [4.78, 5) is 25.8. The highest BCUT2D eigenvalue weighted by Gasteiger charge is 2.31. The number of rotatable bonds is 6. The number of hydrogen-bond acceptors (Lipinski definition) is 4. The smallest absolute Gasteiger partial charge is 0.259 e. The first kappa shape index (κ1) is 17.7. The summed E-state index contributed by atoms with van der Waals surface area (Å²) in [5, 5.41) is 3.94. The van der Waals surface area contributed by atoms with Crippen molar-refractivity contribution in [2.75, 3.05) is 20.2 Å². The second kappa shape index (κ2) is 8.29. The minimum absolute atomic E-state index is 0.00635. The molecule has 1 fully saturated rings. The van der Waals surface area contributed by atoms with Crippen LogP contribution in [-0.4, -0.2) is 43.1 Å². The van der Waals surface area contributed by atoms with E-state index in [0.29, 0.717) is 13.0 Å². The van der Waals surface area contributed by atoms with Crippen LogP contribution in [0.3, 0.4) is 0 Å². The molecule has 3 rings (SSSR count). The average molecular weight is 351 g/mol. The number of hydrogen-bond donors (Lipinski definition) is 1. The Bertz CT molecular complexity index is 788. The summed E-state index contributed by atoms with van der Waals surface area (Å²) in [7, 11) is 1.60. The Labute approximate surface area is 152 Å². The van der Waals surface area contributed by atoms with Crippen LogP contribution in [0, 0.1) is 0 Å². The molecule has 0 aromatic heterocycles. The number of nitrogens with zero attached hydrogens (tertiary/aromatic N) is 2. The maximum Gasteiger partial charge on any atom is 0.259 e. The minimum atomic E-state index is -0.308. The number of ether oxygens (including phenoxy) is 1. The zero-order chi connectivity index (χ0) is 18.4. The second-order valence-electron chi connectivity index (χ2n) is 6.15. The lowest BCUT2D eigenvalue weighted by molar-refractivity contribution is -0.133. The summed E-state index contributed by atoms with van der Waals surface area (Å²) in [5.41, 5.74) is 4.43. The third kappa shape index (κ3) is 4.47. The van der Waals surface area contributed by atoms with Gasteiger partial charge in [0.1, 0.15) is 12.3 Å². The number of carbonyl (C=O) groups is 2. The summed E-state index contributed by atoms with van der Waals surface area (Å²) in [6.07, 6.45) is 1.99. The van der Waals surface area contributed by atoms with E-state index in [4.69, 9.17) is 4.74 Å². The molecule has 2 aromatic rings. The average Bonchev–Trinajstić information content (AvgIpc) is 3.03. The number of nitrogens with one attached hydrogen (secondary N) is 1. The van der Waals surface area contributed by atoms with Crippen molar-refractivity contribution in [1.82, 2.24) is 10.3 Å². The third-order valence-corrected chi connectivity index (χ3v) is 4.34. The Kier molecular flexibility index (Phi) is 5.63. The molecule has 0 radical (unpaired) electrons. The van der Waals surface area contributed by atoms with E-state index < -0.39 is 0 Å². The number of carbonyl (C=O) groups excluding carboxylic acids is 2. The van der Waals surface area contributed by atoms with E-state index in [0.717, 1.165) is 16.9 Å². The number of amides is 2. The van der Waals surface area contributed by atoms with Crippen molar-refractivity contribution in [2.24, 2.45) is 5.10 Å². The van der Waals surface area contributed by atoms with E-state index >= 15 is 0 Å². The van der Waals surface area contributed by atoms with Gasteiger partial charge in [-0.1, -0.05) is 30.3 Å². The van der Waals surface area contributed by atoms with Gasteiger partial charge in [0.15, 0.2) is 0 Å². The van der Waals surface area contributed by atoms with E-state index in [2.05, 4.69) is 10.5 Å². The molecule has 2 amide bonds. The third-order valence-electron chi connectivity index (χ3n) is 4.34. The Balaban J connectivity index is 1.50. The fraction of sp³-hybridized carbons (Fsp3) is 0.250. The summed E-state index contributed by atoms with van der Waals surface area (Å²) >= 11 is 0. The lowest BCUT2D eigenvalue weighted by Gasteiger charge is -2.15. The molecule has 0 spiro atoms. The molecular weight excluding hydrogens is 330 g/mol. The van der Waals surface area contributed by atoms with Crippen LogP contribution in [0.15, 0.2) is 59.7 Å². The maximum atomic E-state index is 12.1. The van der Waals surface area contributed by atoms with Crippen LogP contribution in [0.5, 0.6) is 5.75 Å². The molecule has 1 heterocycles. The summed E-state index contributed by atoms with van der Waals surface area (Å²) in [6.45, 7) is 0.570. The number of benzene rings is 2. The predicted octanol–water partition coefficient (Wildman–Crippen LogP) is 2.16. The first-order valence-corrected chi connectivity index (χ1v) is 8.44. The largest absolute Gasteiger partial charge is 0.497 e. The quantitative estimate of drug-likeness (QED) is 0.640. The minimum Gasteiger partial charge on any atom is -0.497 e. The van der Waals surface area contributed by atoms with E-state index in [9.17, 15) is 9.59 Å². The van der Waals surface area contributed by atoms with Crippen molar-refractivity contribution in [3.63, 3.8) is 0 Å². The van der Waals surface area contributed by atoms with E-state index in [1.807, 2.05) is 54.6 Å². The molecule has 0 bridgehead atoms. The van der Waals surface area contributed by atoms with E-state index in [1.165, 1.54) is 0 Å². The predicted molar refractivity (Wildman–Crippen MR) is 99.1 cm³/mol. The van der Waals surface area contributed by atoms with Gasteiger partial charge in [0.2, 0.25) is 5.91 Å². The molecule has 6 nitrogen and oxygen atoms in total. The van der Waals surface area contributed by atoms with Gasteiger partial charge in [0.25, 0.3) is 5.91 Å². The zero-order valence-corrected chi connectivity index (χ0v) is 14.6. The molecule has 0 saturated carbocycles. The van der Waals surface area contributed by atoms with Gasteiger partial charge in [-0.25, -0.2) is 5.43 Å². The molecule has 1 aliphatic heterocycles. The number of hydrazone groups is 1. The van der Waals surface area contributed by atoms with Gasteiger partial charge in [-0.15, -0.1) is 0 Å². The van der Waals surface area contributed by atoms with Crippen LogP contribution < -0.4 is 10.2 Å². The lowest BCUT2D eigenvalue weighted by atomic mass is 9.99. The van der Waals surface area contributed by atoms with Crippen molar-refractivity contribution in [3.8, 4) is 5.75 Å². The van der Waals surface area contributed by atoms with Crippen molar-refractivity contribution in [2.45, 2.75) is 12.3 Å². The second-order valence-corrected chi connectivity index (χ2v) is 6.15. The van der Waals surface area contributed by atoms with Crippen molar-refractivity contribution in [1.29, 1.82) is 0 Å². The van der Waals surface area contributed by atoms with Crippen molar-refractivity contribution in [3.05, 3.63) is 65.7 Å². The lowest BCUT2D eigenvalue weighted by Crippen LogP contribution is -2.36. The first-order valence-electron chi connectivity index (χ1n) is 8.44. The topological polar surface area (TPSA) is 71.0 Å². The highest BCUT2D eigenvalue weighted by molar-refractivity contribution is 5.87. The van der Waals surface area contributed by atoms with Gasteiger partial charge >= 0.3 is 0 Å². The standard InChI is InChI=1S/C20H21N3O3/c1-26-18-9-7-15(8-10-18)12-21-22-19(24)14-23-13-17(11-20(23)25)16-5-3-2-4-6-16/h2-10,12,17H,11,13-14H2,1H3,(H,22,24)/b21-12+. The summed E-state index contributed by atoms with van der Waals surface area (Å²) < 4.78 is 5.09. The van der Waals surface area contributed by atoms with Crippen LogP contribution in [0.4, 0.5) is 0 Å². The van der Waals surface area contributed by atoms with Crippen LogP contribution in [0.2, 0.25) is 0 Å². The molecule has 26 heavy (non-hydrogen) atoms. The molecule has 134 valence electrons. The Morgan fingerprint density at radius 2 is 1.96 bits per heavy atom. The SMILES string of the molecule is COc1ccc(/C=N/NC(=O)CN2CC(c3ccccc3)CC2=O)cc1. The first-order chi connectivity index (χ1) is 12.7. The highest BCUT2D eigenvalue weighted by atomic mass is 16.5. The van der Waals surface area contributed by atoms with Crippen LogP contribution in [0.1, 0.15) is 23.5 Å². The Hall–Kier alpha value is -3.15. The van der Waals surface area contributed by atoms with Gasteiger partial charge in [0, 0.05) is 18.9 Å². The van der Waals surface area contributed by atoms with Gasteiger partial charge < -0.3 is 9.64 Å². The molecule has 1 unspecified atom stereocenters. The molecule has 1 N–H and O–H groups in total. The molecular formula is C20H21N3O3. The fourth-order valence-corrected chi connectivity index (χ4v) is 2.95. The Morgan fingerprint density at radius 1 is 1.23 bits per heavy atom. The normalized spacial score (nSPS) is 16.9. The number of likely N-dealkylation sites (tertiary alicyclic amines) is 1. The molecule has 1 aliphatic rings. The van der Waals surface area contributed by atoms with Crippen molar-refractivity contribution >= 4 is 18.0 Å². The van der Waals surface area contributed by atoms with Gasteiger partial charge in [-0.2, -0.15) is 5.10 Å². The van der Waals surface area contributed by atoms with Crippen molar-refractivity contribution < 1.29 is 14.3 Å². The zero-order valence-electron chi connectivity index (χ0n) is 14.6. The van der Waals surface area contributed by atoms with Crippen LogP contribution >= 0.6 is 0 Å². The Morgan fingerprint density at radius 3 is 2.65 bits per heavy atom. The molecule has 1 atom stereocenters. The van der Waals surface area contributed by atoms with E-state index in [-0.39, 0.29) is 24.3 Å². The molecule has 0 aliphatic carbocycles. The molecule has 2 aromatic carbocycles. The van der Waals surface area contributed by atoms with Gasteiger partial charge in [-0.05, 0) is 35.4 Å². The van der Waals surface area contributed by atoms with Gasteiger partial charge in [0.05, 0.1) is 13.3 Å². The van der Waals surface area contributed by atoms with Crippen LogP contribution in [0.25, 0.3) is 0 Å². The van der Waals surface area contributed by atoms with Crippen LogP contribution in [-0.2, 0) is 9.59 Å².